The lowest BCUT2D eigenvalue weighted by atomic mass is 10.0. The molecule has 104 valence electrons. The van der Waals surface area contributed by atoms with Gasteiger partial charge < -0.3 is 10.6 Å². The minimum Gasteiger partial charge on any atom is -0.383 e. The molecule has 1 aliphatic heterocycles. The fraction of sp³-hybridized carbons (Fsp3) is 0.714. The van der Waals surface area contributed by atoms with E-state index in [1.54, 1.807) is 0 Å². The molecule has 1 saturated heterocycles. The van der Waals surface area contributed by atoms with E-state index in [4.69, 9.17) is 10.7 Å². The van der Waals surface area contributed by atoms with Crippen LogP contribution in [0.15, 0.2) is 0 Å². The Morgan fingerprint density at radius 1 is 1.00 bits per heavy atom. The number of halogens is 1. The largest absolute Gasteiger partial charge is 0.383 e. The number of nitrogens with zero attached hydrogens (tertiary/aromatic N) is 3. The van der Waals surface area contributed by atoms with Gasteiger partial charge in [-0.1, -0.05) is 12.8 Å². The topological polar surface area (TPSA) is 55.0 Å². The van der Waals surface area contributed by atoms with E-state index >= 15 is 0 Å². The summed E-state index contributed by atoms with van der Waals surface area (Å²) in [5, 5.41) is 0. The summed E-state index contributed by atoms with van der Waals surface area (Å²) in [5.41, 5.74) is 7.31. The number of anilines is 2. The normalized spacial score (nSPS) is 21.0. The van der Waals surface area contributed by atoms with Crippen LogP contribution in [0.25, 0.3) is 0 Å². The van der Waals surface area contributed by atoms with Crippen LogP contribution in [0.4, 0.5) is 11.8 Å². The Labute approximate surface area is 128 Å². The van der Waals surface area contributed by atoms with Crippen LogP contribution in [0.1, 0.15) is 56.6 Å². The maximum Gasteiger partial charge on any atom is 0.227 e. The highest BCUT2D eigenvalue weighted by Gasteiger charge is 2.24. The number of piperidine rings is 1. The Hall–Kier alpha value is -0.590. The average molecular weight is 372 g/mol. The first-order chi connectivity index (χ1) is 9.25. The number of hydrogen-bond acceptors (Lipinski definition) is 4. The predicted octanol–water partition coefficient (Wildman–Crippen LogP) is 3.31. The molecule has 2 fully saturated rings. The Bertz CT molecular complexity index is 451. The number of hydrogen-bond donors (Lipinski definition) is 1. The Balaban J connectivity index is 1.92. The van der Waals surface area contributed by atoms with Gasteiger partial charge in [0.15, 0.2) is 0 Å². The second-order valence-electron chi connectivity index (χ2n) is 5.64. The van der Waals surface area contributed by atoms with Crippen LogP contribution >= 0.6 is 22.6 Å². The lowest BCUT2D eigenvalue weighted by Gasteiger charge is -2.27. The molecule has 2 aliphatic rings. The summed E-state index contributed by atoms with van der Waals surface area (Å²) in [4.78, 5) is 11.7. The first kappa shape index (κ1) is 13.4. The van der Waals surface area contributed by atoms with Gasteiger partial charge in [0.2, 0.25) is 5.95 Å². The van der Waals surface area contributed by atoms with Crippen molar-refractivity contribution >= 4 is 34.4 Å². The molecule has 1 aliphatic carbocycles. The zero-order valence-electron chi connectivity index (χ0n) is 11.2. The van der Waals surface area contributed by atoms with Crippen molar-refractivity contribution in [1.82, 2.24) is 9.97 Å². The first-order valence-corrected chi connectivity index (χ1v) is 8.41. The minimum absolute atomic E-state index is 0.598. The fourth-order valence-corrected chi connectivity index (χ4v) is 3.86. The highest BCUT2D eigenvalue weighted by Crippen LogP contribution is 2.37. The second-order valence-corrected chi connectivity index (χ2v) is 6.72. The van der Waals surface area contributed by atoms with E-state index in [-0.39, 0.29) is 0 Å². The van der Waals surface area contributed by atoms with Crippen molar-refractivity contribution in [2.75, 3.05) is 23.7 Å². The molecule has 0 amide bonds. The van der Waals surface area contributed by atoms with Gasteiger partial charge in [-0.25, -0.2) is 4.98 Å². The highest BCUT2D eigenvalue weighted by molar-refractivity contribution is 14.1. The Morgan fingerprint density at radius 2 is 1.68 bits per heavy atom. The summed E-state index contributed by atoms with van der Waals surface area (Å²) in [7, 11) is 0. The zero-order chi connectivity index (χ0) is 13.2. The average Bonchev–Trinajstić information content (AvgIpc) is 2.96. The standard InChI is InChI=1S/C14H21IN4/c15-11-12(10-6-2-3-7-10)17-14(18-13(11)16)19-8-4-1-5-9-19/h10H,1-9H2,(H2,16,17,18). The monoisotopic (exact) mass is 372 g/mol. The number of nitrogens with two attached hydrogens (primary N) is 1. The summed E-state index contributed by atoms with van der Waals surface area (Å²) >= 11 is 2.31. The molecule has 1 saturated carbocycles. The van der Waals surface area contributed by atoms with Crippen molar-refractivity contribution in [3.8, 4) is 0 Å². The van der Waals surface area contributed by atoms with Crippen LogP contribution in [0, 0.1) is 3.57 Å². The third kappa shape index (κ3) is 2.80. The minimum atomic E-state index is 0.598. The quantitative estimate of drug-likeness (QED) is 0.810. The third-order valence-electron chi connectivity index (χ3n) is 4.27. The van der Waals surface area contributed by atoms with Crippen LogP contribution in [0.2, 0.25) is 0 Å². The van der Waals surface area contributed by atoms with Crippen molar-refractivity contribution in [2.24, 2.45) is 0 Å². The predicted molar refractivity (Wildman–Crippen MR) is 86.4 cm³/mol. The molecular formula is C14H21IN4. The molecule has 1 aromatic rings. The summed E-state index contributed by atoms with van der Waals surface area (Å²) in [6.45, 7) is 2.15. The van der Waals surface area contributed by atoms with Crippen molar-refractivity contribution in [1.29, 1.82) is 0 Å². The van der Waals surface area contributed by atoms with Gasteiger partial charge in [0.05, 0.1) is 9.26 Å². The Kier molecular flexibility index (Phi) is 4.10. The van der Waals surface area contributed by atoms with E-state index in [9.17, 15) is 0 Å². The van der Waals surface area contributed by atoms with E-state index in [2.05, 4.69) is 32.5 Å². The number of rotatable bonds is 2. The lowest BCUT2D eigenvalue weighted by Crippen LogP contribution is -2.31. The fourth-order valence-electron chi connectivity index (χ4n) is 3.17. The molecule has 0 unspecified atom stereocenters. The Morgan fingerprint density at radius 3 is 2.37 bits per heavy atom. The van der Waals surface area contributed by atoms with Crippen LogP contribution < -0.4 is 10.6 Å². The molecule has 1 aromatic heterocycles. The molecule has 4 nitrogen and oxygen atoms in total. The van der Waals surface area contributed by atoms with Crippen molar-refractivity contribution in [3.63, 3.8) is 0 Å². The van der Waals surface area contributed by atoms with Crippen LogP contribution in [0.3, 0.4) is 0 Å². The molecule has 0 spiro atoms. The zero-order valence-corrected chi connectivity index (χ0v) is 13.4. The van der Waals surface area contributed by atoms with Crippen molar-refractivity contribution < 1.29 is 0 Å². The summed E-state index contributed by atoms with van der Waals surface area (Å²) in [6.07, 6.45) is 8.97. The van der Waals surface area contributed by atoms with Gasteiger partial charge in [-0.15, -0.1) is 0 Å². The maximum atomic E-state index is 6.11. The molecular weight excluding hydrogens is 351 g/mol. The van der Waals surface area contributed by atoms with Gasteiger partial charge in [0.25, 0.3) is 0 Å². The lowest BCUT2D eigenvalue weighted by molar-refractivity contribution is 0.565. The van der Waals surface area contributed by atoms with E-state index in [0.29, 0.717) is 11.7 Å². The molecule has 0 atom stereocenters. The van der Waals surface area contributed by atoms with Gasteiger partial charge in [0, 0.05) is 19.0 Å². The van der Waals surface area contributed by atoms with Crippen LogP contribution in [0.5, 0.6) is 0 Å². The van der Waals surface area contributed by atoms with Gasteiger partial charge >= 0.3 is 0 Å². The van der Waals surface area contributed by atoms with Crippen molar-refractivity contribution in [2.45, 2.75) is 50.9 Å². The molecule has 19 heavy (non-hydrogen) atoms. The summed E-state index contributed by atoms with van der Waals surface area (Å²) in [5.74, 6) is 2.12. The first-order valence-electron chi connectivity index (χ1n) is 7.33. The van der Waals surface area contributed by atoms with E-state index in [1.165, 1.54) is 50.6 Å². The maximum absolute atomic E-state index is 6.11. The highest BCUT2D eigenvalue weighted by atomic mass is 127. The van der Waals surface area contributed by atoms with Crippen LogP contribution in [-0.4, -0.2) is 23.1 Å². The molecule has 5 heteroatoms. The smallest absolute Gasteiger partial charge is 0.227 e. The molecule has 0 bridgehead atoms. The second kappa shape index (κ2) is 5.81. The SMILES string of the molecule is Nc1nc(N2CCCCC2)nc(C2CCCC2)c1I. The molecule has 2 N–H and O–H groups in total. The van der Waals surface area contributed by atoms with Crippen LogP contribution in [-0.2, 0) is 0 Å². The van der Waals surface area contributed by atoms with Gasteiger partial charge in [-0.2, -0.15) is 4.98 Å². The molecule has 0 aromatic carbocycles. The van der Waals surface area contributed by atoms with Gasteiger partial charge in [-0.05, 0) is 54.7 Å². The molecule has 2 heterocycles. The summed E-state index contributed by atoms with van der Waals surface area (Å²) in [6, 6.07) is 0. The molecule has 0 radical (unpaired) electrons. The number of aromatic nitrogens is 2. The van der Waals surface area contributed by atoms with Gasteiger partial charge in [0.1, 0.15) is 5.82 Å². The van der Waals surface area contributed by atoms with E-state index in [1.807, 2.05) is 0 Å². The summed E-state index contributed by atoms with van der Waals surface area (Å²) < 4.78 is 1.07. The van der Waals surface area contributed by atoms with E-state index in [0.717, 1.165) is 22.6 Å². The number of nitrogen functional groups attached to an aromatic ring is 1. The third-order valence-corrected chi connectivity index (χ3v) is 5.38. The van der Waals surface area contributed by atoms with E-state index < -0.39 is 0 Å². The molecule has 3 rings (SSSR count). The van der Waals surface area contributed by atoms with Crippen molar-refractivity contribution in [3.05, 3.63) is 9.26 Å². The van der Waals surface area contributed by atoms with Gasteiger partial charge in [-0.3, -0.25) is 0 Å².